The van der Waals surface area contributed by atoms with Crippen molar-refractivity contribution in [3.05, 3.63) is 0 Å². The van der Waals surface area contributed by atoms with Crippen LogP contribution in [0.2, 0.25) is 0 Å². The highest BCUT2D eigenvalue weighted by atomic mass is 14.7. The van der Waals surface area contributed by atoms with E-state index in [9.17, 15) is 0 Å². The molecule has 0 aromatic carbocycles. The molecule has 1 saturated carbocycles. The first kappa shape index (κ1) is 17.1. The van der Waals surface area contributed by atoms with Crippen LogP contribution in [0.1, 0.15) is 89.5 Å². The predicted molar refractivity (Wildman–Crippen MR) is 87.3 cm³/mol. The lowest BCUT2D eigenvalue weighted by atomic mass is 9.49. The molecule has 19 heavy (non-hydrogen) atoms. The van der Waals surface area contributed by atoms with Gasteiger partial charge < -0.3 is 0 Å². The summed E-state index contributed by atoms with van der Waals surface area (Å²) in [6.45, 7) is 29.7. The van der Waals surface area contributed by atoms with Gasteiger partial charge in [-0.3, -0.25) is 0 Å². The van der Waals surface area contributed by atoms with Crippen LogP contribution in [-0.2, 0) is 0 Å². The lowest BCUT2D eigenvalue weighted by Gasteiger charge is -2.55. The molecule has 114 valence electrons. The Balaban J connectivity index is 3.58. The highest BCUT2D eigenvalue weighted by molar-refractivity contribution is 5.19. The average Bonchev–Trinajstić information content (AvgIpc) is 2.22. The second-order valence-electron chi connectivity index (χ2n) is 10.6. The zero-order chi connectivity index (χ0) is 15.7. The van der Waals surface area contributed by atoms with Crippen molar-refractivity contribution in [2.75, 3.05) is 0 Å². The fraction of sp³-hybridized carbons (Fsp3) is 1.00. The fourth-order valence-electron chi connectivity index (χ4n) is 4.93. The second kappa shape index (κ2) is 3.80. The lowest BCUT2D eigenvalue weighted by Crippen LogP contribution is -2.49. The summed E-state index contributed by atoms with van der Waals surface area (Å²) in [6, 6.07) is 0. The maximum Gasteiger partial charge on any atom is -0.0215 e. The van der Waals surface area contributed by atoms with Crippen molar-refractivity contribution in [2.45, 2.75) is 89.5 Å². The molecule has 0 heteroatoms. The summed E-state index contributed by atoms with van der Waals surface area (Å²) in [4.78, 5) is 0. The Bertz CT molecular complexity index is 322. The van der Waals surface area contributed by atoms with Gasteiger partial charge in [0, 0.05) is 0 Å². The van der Waals surface area contributed by atoms with E-state index in [1.54, 1.807) is 0 Å². The molecule has 0 heterocycles. The monoisotopic (exact) mass is 266 g/mol. The van der Waals surface area contributed by atoms with Gasteiger partial charge >= 0.3 is 0 Å². The first-order chi connectivity index (χ1) is 7.96. The summed E-state index contributed by atoms with van der Waals surface area (Å²) < 4.78 is 0. The molecule has 0 aromatic heterocycles. The van der Waals surface area contributed by atoms with Gasteiger partial charge in [-0.25, -0.2) is 0 Å². The molecule has 0 bridgehead atoms. The minimum absolute atomic E-state index is 0.320. The fourth-order valence-corrected chi connectivity index (χ4v) is 4.93. The Kier molecular flexibility index (Phi) is 3.41. The molecule has 0 saturated heterocycles. The van der Waals surface area contributed by atoms with Crippen LogP contribution in [0.5, 0.6) is 0 Å². The van der Waals surface area contributed by atoms with E-state index in [0.29, 0.717) is 32.5 Å². The van der Waals surface area contributed by atoms with Crippen LogP contribution in [0.4, 0.5) is 0 Å². The zero-order valence-electron chi connectivity index (χ0n) is 15.7. The largest absolute Gasteiger partial charge is 0.0596 e. The van der Waals surface area contributed by atoms with Crippen LogP contribution in [0.25, 0.3) is 0 Å². The summed E-state index contributed by atoms with van der Waals surface area (Å²) in [5.74, 6) is 0. The Morgan fingerprint density at radius 2 is 0.737 bits per heavy atom. The first-order valence-electron chi connectivity index (χ1n) is 7.96. The molecule has 0 spiro atoms. The third-order valence-electron chi connectivity index (χ3n) is 8.34. The van der Waals surface area contributed by atoms with Gasteiger partial charge in [-0.05, 0) is 38.9 Å². The topological polar surface area (TPSA) is 0 Å². The Morgan fingerprint density at radius 1 is 0.526 bits per heavy atom. The van der Waals surface area contributed by atoms with Gasteiger partial charge in [0.1, 0.15) is 0 Å². The van der Waals surface area contributed by atoms with Gasteiger partial charge in [-0.2, -0.15) is 0 Å². The molecule has 0 aromatic rings. The average molecular weight is 267 g/mol. The van der Waals surface area contributed by atoms with Gasteiger partial charge in [0.25, 0.3) is 0 Å². The molecule has 1 fully saturated rings. The van der Waals surface area contributed by atoms with E-state index < -0.39 is 0 Å². The molecule has 0 radical (unpaired) electrons. The van der Waals surface area contributed by atoms with E-state index in [4.69, 9.17) is 0 Å². The third kappa shape index (κ3) is 1.77. The van der Waals surface area contributed by atoms with Crippen molar-refractivity contribution in [3.63, 3.8) is 0 Å². The van der Waals surface area contributed by atoms with Crippen molar-refractivity contribution >= 4 is 0 Å². The molecular weight excluding hydrogens is 228 g/mol. The van der Waals surface area contributed by atoms with Crippen LogP contribution in [0.15, 0.2) is 0 Å². The van der Waals surface area contributed by atoms with Crippen molar-refractivity contribution < 1.29 is 0 Å². The molecule has 0 aliphatic heterocycles. The summed E-state index contributed by atoms with van der Waals surface area (Å²) in [5, 5.41) is 0. The molecule has 0 N–H and O–H groups in total. The van der Waals surface area contributed by atoms with E-state index in [1.807, 2.05) is 0 Å². The normalized spacial score (nSPS) is 38.5. The van der Waals surface area contributed by atoms with Gasteiger partial charge in [-0.15, -0.1) is 0 Å². The molecule has 1 rings (SSSR count). The second-order valence-corrected chi connectivity index (χ2v) is 10.6. The molecule has 0 amide bonds. The molecule has 0 nitrogen and oxygen atoms in total. The SMILES string of the molecule is CC(C)(C)C1(C)CC(C)(C(C)(C)C)C(C)(C)C1(C)C. The minimum Gasteiger partial charge on any atom is -0.0596 e. The van der Waals surface area contributed by atoms with Gasteiger partial charge in [0.05, 0.1) is 0 Å². The van der Waals surface area contributed by atoms with Gasteiger partial charge in [0.2, 0.25) is 0 Å². The predicted octanol–water partition coefficient (Wildman–Crippen LogP) is 6.55. The van der Waals surface area contributed by atoms with E-state index >= 15 is 0 Å². The highest BCUT2D eigenvalue weighted by Gasteiger charge is 2.70. The molecule has 2 atom stereocenters. The summed E-state index contributed by atoms with van der Waals surface area (Å²) in [5.41, 5.74) is 2.01. The summed E-state index contributed by atoms with van der Waals surface area (Å²) in [6.07, 6.45) is 1.31. The van der Waals surface area contributed by atoms with Crippen molar-refractivity contribution in [2.24, 2.45) is 32.5 Å². The number of rotatable bonds is 0. The number of hydrogen-bond donors (Lipinski definition) is 0. The van der Waals surface area contributed by atoms with Gasteiger partial charge in [0.15, 0.2) is 0 Å². The van der Waals surface area contributed by atoms with E-state index in [0.717, 1.165) is 0 Å². The van der Waals surface area contributed by atoms with Crippen molar-refractivity contribution in [1.82, 2.24) is 0 Å². The summed E-state index contributed by atoms with van der Waals surface area (Å²) >= 11 is 0. The first-order valence-corrected chi connectivity index (χ1v) is 7.96. The van der Waals surface area contributed by atoms with Crippen LogP contribution >= 0.6 is 0 Å². The molecule has 1 aliphatic rings. The van der Waals surface area contributed by atoms with Crippen LogP contribution in [-0.4, -0.2) is 0 Å². The lowest BCUT2D eigenvalue weighted by molar-refractivity contribution is -0.0711. The van der Waals surface area contributed by atoms with Crippen LogP contribution in [0, 0.1) is 32.5 Å². The molecule has 1 aliphatic carbocycles. The Labute approximate surface area is 122 Å². The van der Waals surface area contributed by atoms with Gasteiger partial charge in [-0.1, -0.05) is 83.1 Å². The number of hydrogen-bond acceptors (Lipinski definition) is 0. The zero-order valence-corrected chi connectivity index (χ0v) is 15.7. The van der Waals surface area contributed by atoms with Crippen molar-refractivity contribution in [3.8, 4) is 0 Å². The third-order valence-corrected chi connectivity index (χ3v) is 8.34. The van der Waals surface area contributed by atoms with Crippen LogP contribution < -0.4 is 0 Å². The maximum absolute atomic E-state index is 2.53. The standard InChI is InChI=1S/C19H38/c1-14(2,3)18(11)13-19(12,15(4,5)6)17(9,10)16(18,7)8/h13H2,1-12H3. The summed E-state index contributed by atoms with van der Waals surface area (Å²) in [7, 11) is 0. The quantitative estimate of drug-likeness (QED) is 0.466. The molecular formula is C19H38. The highest BCUT2D eigenvalue weighted by Crippen LogP contribution is 2.77. The Morgan fingerprint density at radius 3 is 0.842 bits per heavy atom. The Hall–Kier alpha value is 0. The molecule has 2 unspecified atom stereocenters. The maximum atomic E-state index is 2.53. The van der Waals surface area contributed by atoms with Crippen molar-refractivity contribution in [1.29, 1.82) is 0 Å². The van der Waals surface area contributed by atoms with Crippen LogP contribution in [0.3, 0.4) is 0 Å². The smallest absolute Gasteiger partial charge is 0.0215 e. The van der Waals surface area contributed by atoms with E-state index in [1.165, 1.54) is 6.42 Å². The minimum atomic E-state index is 0.320. The van der Waals surface area contributed by atoms with E-state index in [-0.39, 0.29) is 0 Å². The van der Waals surface area contributed by atoms with E-state index in [2.05, 4.69) is 83.1 Å².